The number of aliphatic hydroxyl groups excluding tert-OH is 1. The first-order valence-electron chi connectivity index (χ1n) is 6.48. The second-order valence-corrected chi connectivity index (χ2v) is 8.15. The van der Waals surface area contributed by atoms with E-state index in [4.69, 9.17) is 11.6 Å². The van der Waals surface area contributed by atoms with Crippen molar-refractivity contribution in [2.24, 2.45) is 5.41 Å². The standard InChI is InChI=1S/C14H22ClNO3S/c1-10-5-6-11(9-12(10)15)20(18,19)16-8-7-13(17)14(2,3)4/h5-6,9,13,16-17H,7-8H2,1-4H3/t13-/m1/s1. The summed E-state index contributed by atoms with van der Waals surface area (Å²) in [7, 11) is -3.59. The summed E-state index contributed by atoms with van der Waals surface area (Å²) < 4.78 is 26.6. The summed E-state index contributed by atoms with van der Waals surface area (Å²) in [4.78, 5) is 0.137. The lowest BCUT2D eigenvalue weighted by atomic mass is 9.87. The van der Waals surface area contributed by atoms with E-state index in [-0.39, 0.29) is 16.9 Å². The second kappa shape index (κ2) is 6.43. The molecule has 4 nitrogen and oxygen atoms in total. The fourth-order valence-corrected chi connectivity index (χ4v) is 2.91. The van der Waals surface area contributed by atoms with E-state index in [9.17, 15) is 13.5 Å². The average Bonchev–Trinajstić information content (AvgIpc) is 2.31. The van der Waals surface area contributed by atoms with Gasteiger partial charge in [-0.25, -0.2) is 13.1 Å². The zero-order valence-corrected chi connectivity index (χ0v) is 13.8. The molecule has 0 aliphatic carbocycles. The predicted octanol–water partition coefficient (Wildman–Crippen LogP) is 2.72. The maximum absolute atomic E-state index is 12.1. The lowest BCUT2D eigenvalue weighted by molar-refractivity contribution is 0.0571. The van der Waals surface area contributed by atoms with Crippen LogP contribution in [-0.4, -0.2) is 26.2 Å². The molecule has 0 radical (unpaired) electrons. The van der Waals surface area contributed by atoms with Gasteiger partial charge in [-0.3, -0.25) is 0 Å². The van der Waals surface area contributed by atoms with Crippen molar-refractivity contribution in [1.82, 2.24) is 4.72 Å². The number of sulfonamides is 1. The number of hydrogen-bond acceptors (Lipinski definition) is 3. The van der Waals surface area contributed by atoms with Crippen molar-refractivity contribution in [3.8, 4) is 0 Å². The molecule has 1 rings (SSSR count). The van der Waals surface area contributed by atoms with Crippen molar-refractivity contribution >= 4 is 21.6 Å². The van der Waals surface area contributed by atoms with Crippen molar-refractivity contribution < 1.29 is 13.5 Å². The van der Waals surface area contributed by atoms with E-state index in [0.717, 1.165) is 5.56 Å². The van der Waals surface area contributed by atoms with E-state index in [0.29, 0.717) is 11.4 Å². The third-order valence-electron chi connectivity index (χ3n) is 3.16. The highest BCUT2D eigenvalue weighted by atomic mass is 35.5. The molecule has 0 fully saturated rings. The Morgan fingerprint density at radius 3 is 2.45 bits per heavy atom. The van der Waals surface area contributed by atoms with Crippen LogP contribution >= 0.6 is 11.6 Å². The van der Waals surface area contributed by atoms with Crippen LogP contribution in [0.15, 0.2) is 23.1 Å². The molecule has 0 saturated heterocycles. The highest BCUT2D eigenvalue weighted by Gasteiger charge is 2.22. The Hall–Kier alpha value is -0.620. The van der Waals surface area contributed by atoms with Gasteiger partial charge in [0.25, 0.3) is 0 Å². The Morgan fingerprint density at radius 1 is 1.35 bits per heavy atom. The molecule has 0 bridgehead atoms. The minimum atomic E-state index is -3.59. The zero-order valence-electron chi connectivity index (χ0n) is 12.3. The van der Waals surface area contributed by atoms with E-state index in [1.54, 1.807) is 6.07 Å². The van der Waals surface area contributed by atoms with Crippen LogP contribution in [0.5, 0.6) is 0 Å². The minimum absolute atomic E-state index is 0.137. The van der Waals surface area contributed by atoms with E-state index in [1.165, 1.54) is 12.1 Å². The molecule has 6 heteroatoms. The number of rotatable bonds is 5. The van der Waals surface area contributed by atoms with Gasteiger partial charge in [0.2, 0.25) is 10.0 Å². The summed E-state index contributed by atoms with van der Waals surface area (Å²) in [5.74, 6) is 0. The van der Waals surface area contributed by atoms with E-state index >= 15 is 0 Å². The molecular formula is C14H22ClNO3S. The van der Waals surface area contributed by atoms with E-state index in [2.05, 4.69) is 4.72 Å². The van der Waals surface area contributed by atoms with Gasteiger partial charge in [-0.15, -0.1) is 0 Å². The van der Waals surface area contributed by atoms with Crippen molar-refractivity contribution in [3.05, 3.63) is 28.8 Å². The largest absolute Gasteiger partial charge is 0.393 e. The van der Waals surface area contributed by atoms with E-state index < -0.39 is 16.1 Å². The molecule has 0 aliphatic heterocycles. The van der Waals surface area contributed by atoms with Crippen molar-refractivity contribution in [3.63, 3.8) is 0 Å². The number of aryl methyl sites for hydroxylation is 1. The third kappa shape index (κ3) is 4.74. The highest BCUT2D eigenvalue weighted by Crippen LogP contribution is 2.22. The van der Waals surface area contributed by atoms with Gasteiger partial charge in [0.05, 0.1) is 11.0 Å². The lowest BCUT2D eigenvalue weighted by Crippen LogP contribution is -2.32. The second-order valence-electron chi connectivity index (χ2n) is 5.98. The van der Waals surface area contributed by atoms with Crippen molar-refractivity contribution in [1.29, 1.82) is 0 Å². The first kappa shape index (κ1) is 17.4. The van der Waals surface area contributed by atoms with Crippen molar-refractivity contribution in [2.75, 3.05) is 6.54 Å². The molecule has 1 atom stereocenters. The number of aliphatic hydroxyl groups is 1. The smallest absolute Gasteiger partial charge is 0.240 e. The zero-order chi connectivity index (χ0) is 15.6. The van der Waals surface area contributed by atoms with Crippen LogP contribution < -0.4 is 4.72 Å². The summed E-state index contributed by atoms with van der Waals surface area (Å²) >= 11 is 5.93. The van der Waals surface area contributed by atoms with Crippen LogP contribution in [0, 0.1) is 12.3 Å². The summed E-state index contributed by atoms with van der Waals surface area (Å²) in [5, 5.41) is 10.3. The molecule has 0 saturated carbocycles. The molecule has 0 heterocycles. The molecule has 2 N–H and O–H groups in total. The molecule has 0 amide bonds. The molecule has 1 aromatic carbocycles. The lowest BCUT2D eigenvalue weighted by Gasteiger charge is -2.25. The van der Waals surface area contributed by atoms with Gasteiger partial charge in [0.15, 0.2) is 0 Å². The maximum atomic E-state index is 12.1. The summed E-state index contributed by atoms with van der Waals surface area (Å²) in [6.07, 6.45) is -0.200. The normalized spacial score (nSPS) is 14.3. The molecule has 0 spiro atoms. The van der Waals surface area contributed by atoms with Crippen LogP contribution in [0.25, 0.3) is 0 Å². The number of nitrogens with one attached hydrogen (secondary N) is 1. The first-order chi connectivity index (χ1) is 9.04. The van der Waals surface area contributed by atoms with Gasteiger partial charge in [0.1, 0.15) is 0 Å². The topological polar surface area (TPSA) is 66.4 Å². The van der Waals surface area contributed by atoms with Gasteiger partial charge < -0.3 is 5.11 Å². The van der Waals surface area contributed by atoms with Gasteiger partial charge in [0, 0.05) is 11.6 Å². The van der Waals surface area contributed by atoms with Crippen LogP contribution in [-0.2, 0) is 10.0 Å². The van der Waals surface area contributed by atoms with Gasteiger partial charge in [-0.1, -0.05) is 38.4 Å². The maximum Gasteiger partial charge on any atom is 0.240 e. The molecule has 0 aliphatic rings. The Morgan fingerprint density at radius 2 is 1.95 bits per heavy atom. The molecule has 114 valence electrons. The van der Waals surface area contributed by atoms with Gasteiger partial charge >= 0.3 is 0 Å². The third-order valence-corrected chi connectivity index (χ3v) is 5.03. The average molecular weight is 320 g/mol. The van der Waals surface area contributed by atoms with Crippen molar-refractivity contribution in [2.45, 2.75) is 45.1 Å². The van der Waals surface area contributed by atoms with Gasteiger partial charge in [-0.05, 0) is 36.5 Å². The van der Waals surface area contributed by atoms with Crippen LogP contribution in [0.3, 0.4) is 0 Å². The molecule has 1 aromatic rings. The molecule has 0 aromatic heterocycles. The number of benzene rings is 1. The Labute approximate surface area is 126 Å². The predicted molar refractivity (Wildman–Crippen MR) is 81.5 cm³/mol. The molecule has 20 heavy (non-hydrogen) atoms. The van der Waals surface area contributed by atoms with Crippen LogP contribution in [0.2, 0.25) is 5.02 Å². The SMILES string of the molecule is Cc1ccc(S(=O)(=O)NCC[C@@H](O)C(C)(C)C)cc1Cl. The van der Waals surface area contributed by atoms with Crippen LogP contribution in [0.4, 0.5) is 0 Å². The number of halogens is 1. The fraction of sp³-hybridized carbons (Fsp3) is 0.571. The van der Waals surface area contributed by atoms with Crippen LogP contribution in [0.1, 0.15) is 32.8 Å². The Kier molecular flexibility index (Phi) is 5.61. The monoisotopic (exact) mass is 319 g/mol. The summed E-state index contributed by atoms with van der Waals surface area (Å²) in [6.45, 7) is 7.72. The summed E-state index contributed by atoms with van der Waals surface area (Å²) in [5.41, 5.74) is 0.562. The Balaban J connectivity index is 2.69. The number of hydrogen-bond donors (Lipinski definition) is 2. The fourth-order valence-electron chi connectivity index (χ4n) is 1.59. The van der Waals surface area contributed by atoms with Gasteiger partial charge in [-0.2, -0.15) is 0 Å². The molecular weight excluding hydrogens is 298 g/mol. The highest BCUT2D eigenvalue weighted by molar-refractivity contribution is 7.89. The quantitative estimate of drug-likeness (QED) is 0.877. The first-order valence-corrected chi connectivity index (χ1v) is 8.34. The summed E-state index contributed by atoms with van der Waals surface area (Å²) in [6, 6.07) is 4.62. The Bertz CT molecular complexity index is 564. The molecule has 0 unspecified atom stereocenters. The van der Waals surface area contributed by atoms with E-state index in [1.807, 2.05) is 27.7 Å². The minimum Gasteiger partial charge on any atom is -0.393 e.